The quantitative estimate of drug-likeness (QED) is 0.749. The highest BCUT2D eigenvalue weighted by molar-refractivity contribution is 7.90. The maximum absolute atomic E-state index is 14.0. The molecule has 5 nitrogen and oxygen atoms in total. The third-order valence-electron chi connectivity index (χ3n) is 4.51. The molecule has 0 aliphatic carbocycles. The SMILES string of the molecule is COC(C)(CNC(=O)CCc1ccc(S(C)(=O)=O)cc1)c1ccccc1F. The molecule has 1 N–H and O–H groups in total. The number of halogens is 1. The van der Waals surface area contributed by atoms with Crippen LogP contribution in [-0.4, -0.2) is 34.2 Å². The Labute approximate surface area is 159 Å². The number of hydrogen-bond acceptors (Lipinski definition) is 4. The summed E-state index contributed by atoms with van der Waals surface area (Å²) in [6.07, 6.45) is 1.85. The van der Waals surface area contributed by atoms with Crippen LogP contribution in [0.4, 0.5) is 4.39 Å². The van der Waals surface area contributed by atoms with Crippen LogP contribution in [0.2, 0.25) is 0 Å². The van der Waals surface area contributed by atoms with Crippen LogP contribution in [-0.2, 0) is 31.4 Å². The lowest BCUT2D eigenvalue weighted by molar-refractivity contribution is -0.122. The van der Waals surface area contributed by atoms with Crippen LogP contribution in [0, 0.1) is 5.82 Å². The Morgan fingerprint density at radius 1 is 1.15 bits per heavy atom. The average Bonchev–Trinajstić information content (AvgIpc) is 2.64. The van der Waals surface area contributed by atoms with Gasteiger partial charge in [0.25, 0.3) is 0 Å². The van der Waals surface area contributed by atoms with Crippen molar-refractivity contribution in [3.8, 4) is 0 Å². The number of nitrogens with one attached hydrogen (secondary N) is 1. The van der Waals surface area contributed by atoms with Crippen molar-refractivity contribution in [2.24, 2.45) is 0 Å². The Morgan fingerprint density at radius 2 is 1.78 bits per heavy atom. The highest BCUT2D eigenvalue weighted by Crippen LogP contribution is 2.26. The first-order valence-corrected chi connectivity index (χ1v) is 10.4. The van der Waals surface area contributed by atoms with Gasteiger partial charge in [-0.05, 0) is 37.1 Å². The molecule has 2 aromatic carbocycles. The molecule has 0 fully saturated rings. The van der Waals surface area contributed by atoms with Gasteiger partial charge in [-0.2, -0.15) is 0 Å². The number of aryl methyl sites for hydroxylation is 1. The number of benzene rings is 2. The van der Waals surface area contributed by atoms with Crippen LogP contribution in [0.1, 0.15) is 24.5 Å². The third kappa shape index (κ3) is 5.61. The van der Waals surface area contributed by atoms with Crippen LogP contribution < -0.4 is 5.32 Å². The maximum Gasteiger partial charge on any atom is 0.220 e. The van der Waals surface area contributed by atoms with E-state index in [-0.39, 0.29) is 29.6 Å². The molecule has 0 saturated heterocycles. The zero-order valence-electron chi connectivity index (χ0n) is 15.7. The predicted octanol–water partition coefficient (Wildman–Crippen LogP) is 2.84. The van der Waals surface area contributed by atoms with E-state index >= 15 is 0 Å². The first-order chi connectivity index (χ1) is 12.7. The van der Waals surface area contributed by atoms with Gasteiger partial charge in [0, 0.05) is 25.3 Å². The van der Waals surface area contributed by atoms with E-state index < -0.39 is 15.4 Å². The molecule has 0 aliphatic heterocycles. The Morgan fingerprint density at radius 3 is 2.33 bits per heavy atom. The summed E-state index contributed by atoms with van der Waals surface area (Å²) in [6.45, 7) is 1.85. The average molecular weight is 393 g/mol. The number of rotatable bonds is 8. The van der Waals surface area contributed by atoms with Crippen molar-refractivity contribution in [2.75, 3.05) is 19.9 Å². The monoisotopic (exact) mass is 393 g/mol. The molecule has 1 amide bonds. The molecule has 0 saturated carbocycles. The van der Waals surface area contributed by atoms with E-state index in [1.807, 2.05) is 0 Å². The Bertz CT molecular complexity index is 896. The van der Waals surface area contributed by atoms with E-state index in [0.717, 1.165) is 11.8 Å². The summed E-state index contributed by atoms with van der Waals surface area (Å²) in [5.74, 6) is -0.580. The van der Waals surface area contributed by atoms with E-state index in [4.69, 9.17) is 4.74 Å². The summed E-state index contributed by atoms with van der Waals surface area (Å²) in [5.41, 5.74) is 0.267. The summed E-state index contributed by atoms with van der Waals surface area (Å²) >= 11 is 0. The molecule has 1 atom stereocenters. The third-order valence-corrected chi connectivity index (χ3v) is 5.64. The van der Waals surface area contributed by atoms with Gasteiger partial charge >= 0.3 is 0 Å². The van der Waals surface area contributed by atoms with E-state index in [1.54, 1.807) is 37.3 Å². The normalized spacial score (nSPS) is 13.8. The van der Waals surface area contributed by atoms with Gasteiger partial charge in [-0.15, -0.1) is 0 Å². The fraction of sp³-hybridized carbons (Fsp3) is 0.350. The van der Waals surface area contributed by atoms with Crippen molar-refractivity contribution in [3.05, 3.63) is 65.5 Å². The lowest BCUT2D eigenvalue weighted by Crippen LogP contribution is -2.40. The summed E-state index contributed by atoms with van der Waals surface area (Å²) in [6, 6.07) is 12.8. The molecule has 27 heavy (non-hydrogen) atoms. The molecule has 1 unspecified atom stereocenters. The van der Waals surface area contributed by atoms with Crippen molar-refractivity contribution in [2.45, 2.75) is 30.3 Å². The van der Waals surface area contributed by atoms with Gasteiger partial charge in [-0.1, -0.05) is 30.3 Å². The van der Waals surface area contributed by atoms with E-state index in [9.17, 15) is 17.6 Å². The van der Waals surface area contributed by atoms with Crippen molar-refractivity contribution in [1.29, 1.82) is 0 Å². The van der Waals surface area contributed by atoms with Crippen LogP contribution >= 0.6 is 0 Å². The number of ether oxygens (including phenoxy) is 1. The first kappa shape index (κ1) is 21.1. The van der Waals surface area contributed by atoms with Crippen molar-refractivity contribution in [1.82, 2.24) is 5.32 Å². The minimum atomic E-state index is -3.23. The lowest BCUT2D eigenvalue weighted by atomic mass is 9.95. The Hall–Kier alpha value is -2.25. The van der Waals surface area contributed by atoms with Gasteiger partial charge in [0.05, 0.1) is 11.4 Å². The maximum atomic E-state index is 14.0. The predicted molar refractivity (Wildman–Crippen MR) is 102 cm³/mol. The number of methoxy groups -OCH3 is 1. The number of carbonyl (C=O) groups excluding carboxylic acids is 1. The van der Waals surface area contributed by atoms with Gasteiger partial charge < -0.3 is 10.1 Å². The van der Waals surface area contributed by atoms with Crippen LogP contribution in [0.25, 0.3) is 0 Å². The number of carbonyl (C=O) groups is 1. The van der Waals surface area contributed by atoms with Crippen LogP contribution in [0.5, 0.6) is 0 Å². The molecular weight excluding hydrogens is 369 g/mol. The molecule has 146 valence electrons. The van der Waals surface area contributed by atoms with Gasteiger partial charge in [0.15, 0.2) is 9.84 Å². The second-order valence-electron chi connectivity index (χ2n) is 6.61. The van der Waals surface area contributed by atoms with Gasteiger partial charge in [-0.3, -0.25) is 4.79 Å². The van der Waals surface area contributed by atoms with Crippen molar-refractivity contribution in [3.63, 3.8) is 0 Å². The minimum absolute atomic E-state index is 0.135. The summed E-state index contributed by atoms with van der Waals surface area (Å²) < 4.78 is 42.4. The Balaban J connectivity index is 1.93. The van der Waals surface area contributed by atoms with Gasteiger partial charge in [-0.25, -0.2) is 12.8 Å². The summed E-state index contributed by atoms with van der Waals surface area (Å²) in [4.78, 5) is 12.4. The van der Waals surface area contributed by atoms with Gasteiger partial charge in [0.2, 0.25) is 5.91 Å². The molecule has 7 heteroatoms. The smallest absolute Gasteiger partial charge is 0.220 e. The second kappa shape index (κ2) is 8.63. The summed E-state index contributed by atoms with van der Waals surface area (Å²) in [5, 5.41) is 2.78. The fourth-order valence-corrected chi connectivity index (χ4v) is 3.31. The fourth-order valence-electron chi connectivity index (χ4n) is 2.68. The molecule has 0 bridgehead atoms. The van der Waals surface area contributed by atoms with E-state index in [1.165, 1.54) is 25.3 Å². The number of hydrogen-bond donors (Lipinski definition) is 1. The zero-order valence-corrected chi connectivity index (χ0v) is 16.5. The number of sulfone groups is 1. The largest absolute Gasteiger partial charge is 0.372 e. The molecule has 2 rings (SSSR count). The van der Waals surface area contributed by atoms with Crippen LogP contribution in [0.3, 0.4) is 0 Å². The standard InChI is InChI=1S/C20H24FNO4S/c1-20(26-2,17-6-4-5-7-18(17)21)14-22-19(23)13-10-15-8-11-16(12-9-15)27(3,24)25/h4-9,11-12H,10,13-14H2,1-3H3,(H,22,23). The van der Waals surface area contributed by atoms with E-state index in [0.29, 0.717) is 12.0 Å². The molecule has 0 aliphatic rings. The number of amides is 1. The van der Waals surface area contributed by atoms with E-state index in [2.05, 4.69) is 5.32 Å². The molecule has 0 heterocycles. The Kier molecular flexibility index (Phi) is 6.73. The van der Waals surface area contributed by atoms with Gasteiger partial charge in [0.1, 0.15) is 11.4 Å². The molecular formula is C20H24FNO4S. The van der Waals surface area contributed by atoms with Crippen LogP contribution in [0.15, 0.2) is 53.4 Å². The summed E-state index contributed by atoms with van der Waals surface area (Å²) in [7, 11) is -1.76. The molecule has 2 aromatic rings. The molecule has 0 radical (unpaired) electrons. The minimum Gasteiger partial charge on any atom is -0.372 e. The zero-order chi connectivity index (χ0) is 20.1. The highest BCUT2D eigenvalue weighted by Gasteiger charge is 2.29. The first-order valence-electron chi connectivity index (χ1n) is 8.51. The molecule has 0 aromatic heterocycles. The van der Waals surface area contributed by atoms with Crippen molar-refractivity contribution >= 4 is 15.7 Å². The highest BCUT2D eigenvalue weighted by atomic mass is 32.2. The lowest BCUT2D eigenvalue weighted by Gasteiger charge is -2.29. The molecule has 0 spiro atoms. The topological polar surface area (TPSA) is 72.5 Å². The second-order valence-corrected chi connectivity index (χ2v) is 8.62. The van der Waals surface area contributed by atoms with Crippen molar-refractivity contribution < 1.29 is 22.3 Å².